The number of benzene rings is 2. The number of nitrogens with zero attached hydrogens (tertiary/aromatic N) is 1. The van der Waals surface area contributed by atoms with Crippen molar-refractivity contribution < 1.29 is 9.84 Å². The molecular formula is C15H13ClN2O2. The SMILES string of the molecule is OCCOc1ccc(-c2nc3c(Cl)cccc3[nH]2)cc1. The number of fused-ring (bicyclic) bond motifs is 1. The van der Waals surface area contributed by atoms with Crippen LogP contribution in [-0.2, 0) is 0 Å². The van der Waals surface area contributed by atoms with E-state index in [-0.39, 0.29) is 6.61 Å². The predicted octanol–water partition coefficient (Wildman–Crippen LogP) is 3.25. The van der Waals surface area contributed by atoms with Gasteiger partial charge in [-0.1, -0.05) is 17.7 Å². The zero-order valence-corrected chi connectivity index (χ0v) is 11.4. The van der Waals surface area contributed by atoms with Crippen LogP contribution in [0.25, 0.3) is 22.4 Å². The molecule has 2 N–H and O–H groups in total. The van der Waals surface area contributed by atoms with Crippen molar-refractivity contribution in [2.45, 2.75) is 0 Å². The van der Waals surface area contributed by atoms with Gasteiger partial charge in [0.15, 0.2) is 0 Å². The molecule has 0 saturated carbocycles. The summed E-state index contributed by atoms with van der Waals surface area (Å²) in [6.07, 6.45) is 0. The Balaban J connectivity index is 1.92. The molecule has 0 aliphatic carbocycles. The molecule has 0 radical (unpaired) electrons. The Kier molecular flexibility index (Phi) is 3.58. The Hall–Kier alpha value is -2.04. The van der Waals surface area contributed by atoms with E-state index in [4.69, 9.17) is 21.4 Å². The number of aliphatic hydroxyl groups excluding tert-OH is 1. The van der Waals surface area contributed by atoms with Crippen molar-refractivity contribution in [3.63, 3.8) is 0 Å². The molecule has 4 nitrogen and oxygen atoms in total. The van der Waals surface area contributed by atoms with Crippen LogP contribution in [-0.4, -0.2) is 28.3 Å². The van der Waals surface area contributed by atoms with Gasteiger partial charge in [0.1, 0.15) is 23.7 Å². The first kappa shape index (κ1) is 13.0. The number of aromatic nitrogens is 2. The van der Waals surface area contributed by atoms with Crippen molar-refractivity contribution in [2.24, 2.45) is 0 Å². The fraction of sp³-hybridized carbons (Fsp3) is 0.133. The van der Waals surface area contributed by atoms with E-state index < -0.39 is 0 Å². The Morgan fingerprint density at radius 2 is 1.95 bits per heavy atom. The summed E-state index contributed by atoms with van der Waals surface area (Å²) >= 11 is 6.11. The quantitative estimate of drug-likeness (QED) is 0.775. The van der Waals surface area contributed by atoms with Gasteiger partial charge in [-0.3, -0.25) is 0 Å². The maximum absolute atomic E-state index is 8.71. The van der Waals surface area contributed by atoms with E-state index in [0.717, 1.165) is 28.2 Å². The third-order valence-electron chi connectivity index (χ3n) is 2.95. The smallest absolute Gasteiger partial charge is 0.138 e. The second-order valence-electron chi connectivity index (χ2n) is 4.32. The fourth-order valence-corrected chi connectivity index (χ4v) is 2.22. The Morgan fingerprint density at radius 1 is 1.15 bits per heavy atom. The van der Waals surface area contributed by atoms with Crippen molar-refractivity contribution in [2.75, 3.05) is 13.2 Å². The second-order valence-corrected chi connectivity index (χ2v) is 4.73. The van der Waals surface area contributed by atoms with Gasteiger partial charge in [0, 0.05) is 5.56 Å². The normalized spacial score (nSPS) is 10.9. The largest absolute Gasteiger partial charge is 0.491 e. The van der Waals surface area contributed by atoms with Gasteiger partial charge in [0.2, 0.25) is 0 Å². The third kappa shape index (κ3) is 2.48. The minimum Gasteiger partial charge on any atom is -0.491 e. The number of imidazole rings is 1. The maximum Gasteiger partial charge on any atom is 0.138 e. The Bertz CT molecular complexity index is 722. The van der Waals surface area contributed by atoms with Gasteiger partial charge >= 0.3 is 0 Å². The van der Waals surface area contributed by atoms with Crippen LogP contribution < -0.4 is 4.74 Å². The van der Waals surface area contributed by atoms with Crippen LogP contribution >= 0.6 is 11.6 Å². The van der Waals surface area contributed by atoms with E-state index >= 15 is 0 Å². The molecule has 0 aliphatic rings. The predicted molar refractivity (Wildman–Crippen MR) is 79.1 cm³/mol. The molecule has 0 amide bonds. The number of hydrogen-bond acceptors (Lipinski definition) is 3. The first-order chi connectivity index (χ1) is 9.78. The van der Waals surface area contributed by atoms with Crippen LogP contribution in [0.4, 0.5) is 0 Å². The Labute approximate surface area is 121 Å². The Morgan fingerprint density at radius 3 is 2.65 bits per heavy atom. The lowest BCUT2D eigenvalue weighted by molar-refractivity contribution is 0.201. The molecule has 0 spiro atoms. The summed E-state index contributed by atoms with van der Waals surface area (Å²) in [5.74, 6) is 1.48. The second kappa shape index (κ2) is 5.53. The monoisotopic (exact) mass is 288 g/mol. The average Bonchev–Trinajstić information content (AvgIpc) is 2.91. The minimum absolute atomic E-state index is 0.00379. The molecule has 0 atom stereocenters. The number of para-hydroxylation sites is 1. The molecule has 1 aromatic heterocycles. The summed E-state index contributed by atoms with van der Waals surface area (Å²) in [6.45, 7) is 0.295. The first-order valence-corrected chi connectivity index (χ1v) is 6.64. The molecule has 0 fully saturated rings. The molecule has 0 unspecified atom stereocenters. The molecular weight excluding hydrogens is 276 g/mol. The third-order valence-corrected chi connectivity index (χ3v) is 3.26. The molecule has 3 rings (SSSR count). The highest BCUT2D eigenvalue weighted by Gasteiger charge is 2.07. The first-order valence-electron chi connectivity index (χ1n) is 6.26. The van der Waals surface area contributed by atoms with E-state index in [0.29, 0.717) is 11.6 Å². The summed E-state index contributed by atoms with van der Waals surface area (Å²) in [5, 5.41) is 9.35. The summed E-state index contributed by atoms with van der Waals surface area (Å²) in [5.41, 5.74) is 2.63. The molecule has 0 bridgehead atoms. The molecule has 0 aliphatic heterocycles. The van der Waals surface area contributed by atoms with E-state index in [1.54, 1.807) is 0 Å². The molecule has 102 valence electrons. The van der Waals surface area contributed by atoms with Crippen molar-refractivity contribution >= 4 is 22.6 Å². The standard InChI is InChI=1S/C15H13ClN2O2/c16-12-2-1-3-13-14(12)18-15(17-13)10-4-6-11(7-5-10)20-9-8-19/h1-7,19H,8-9H2,(H,17,18). The van der Waals surface area contributed by atoms with Crippen molar-refractivity contribution in [3.8, 4) is 17.1 Å². The number of nitrogens with one attached hydrogen (secondary N) is 1. The number of hydrogen-bond donors (Lipinski definition) is 2. The molecule has 5 heteroatoms. The lowest BCUT2D eigenvalue weighted by Gasteiger charge is -2.04. The number of halogens is 1. The van der Waals surface area contributed by atoms with Crippen molar-refractivity contribution in [3.05, 3.63) is 47.5 Å². The van der Waals surface area contributed by atoms with E-state index in [1.807, 2.05) is 42.5 Å². The van der Waals surface area contributed by atoms with Gasteiger partial charge in [-0.2, -0.15) is 0 Å². The number of aromatic amines is 1. The van der Waals surface area contributed by atoms with Crippen molar-refractivity contribution in [1.82, 2.24) is 9.97 Å². The van der Waals surface area contributed by atoms with Crippen LogP contribution in [0.5, 0.6) is 5.75 Å². The summed E-state index contributed by atoms with van der Waals surface area (Å²) < 4.78 is 5.32. The number of aliphatic hydroxyl groups is 1. The lowest BCUT2D eigenvalue weighted by atomic mass is 10.2. The summed E-state index contributed by atoms with van der Waals surface area (Å²) in [4.78, 5) is 7.74. The molecule has 2 aromatic carbocycles. The van der Waals surface area contributed by atoms with Crippen LogP contribution in [0.3, 0.4) is 0 Å². The van der Waals surface area contributed by atoms with Gasteiger partial charge in [-0.15, -0.1) is 0 Å². The fourth-order valence-electron chi connectivity index (χ4n) is 2.01. The van der Waals surface area contributed by atoms with E-state index in [9.17, 15) is 0 Å². The molecule has 3 aromatic rings. The lowest BCUT2D eigenvalue weighted by Crippen LogP contribution is -2.01. The van der Waals surface area contributed by atoms with Crippen LogP contribution in [0.2, 0.25) is 5.02 Å². The minimum atomic E-state index is 0.00379. The number of rotatable bonds is 4. The van der Waals surface area contributed by atoms with E-state index in [2.05, 4.69) is 9.97 Å². The summed E-state index contributed by atoms with van der Waals surface area (Å²) in [6, 6.07) is 13.2. The van der Waals surface area contributed by atoms with Gasteiger partial charge in [-0.05, 0) is 36.4 Å². The molecule has 20 heavy (non-hydrogen) atoms. The summed E-state index contributed by atoms with van der Waals surface area (Å²) in [7, 11) is 0. The highest BCUT2D eigenvalue weighted by Crippen LogP contribution is 2.26. The number of ether oxygens (including phenoxy) is 1. The zero-order chi connectivity index (χ0) is 13.9. The highest BCUT2D eigenvalue weighted by molar-refractivity contribution is 6.34. The average molecular weight is 289 g/mol. The van der Waals surface area contributed by atoms with Gasteiger partial charge in [0.25, 0.3) is 0 Å². The molecule has 1 heterocycles. The van der Waals surface area contributed by atoms with Crippen LogP contribution in [0, 0.1) is 0 Å². The van der Waals surface area contributed by atoms with Gasteiger partial charge in [0.05, 0.1) is 17.1 Å². The van der Waals surface area contributed by atoms with E-state index in [1.165, 1.54) is 0 Å². The zero-order valence-electron chi connectivity index (χ0n) is 10.6. The van der Waals surface area contributed by atoms with Crippen LogP contribution in [0.15, 0.2) is 42.5 Å². The molecule has 0 saturated heterocycles. The van der Waals surface area contributed by atoms with Gasteiger partial charge < -0.3 is 14.8 Å². The highest BCUT2D eigenvalue weighted by atomic mass is 35.5. The van der Waals surface area contributed by atoms with Crippen molar-refractivity contribution in [1.29, 1.82) is 0 Å². The number of H-pyrrole nitrogens is 1. The van der Waals surface area contributed by atoms with Crippen LogP contribution in [0.1, 0.15) is 0 Å². The topological polar surface area (TPSA) is 58.1 Å². The maximum atomic E-state index is 8.71. The van der Waals surface area contributed by atoms with Gasteiger partial charge in [-0.25, -0.2) is 4.98 Å².